The Hall–Kier alpha value is -1.55. The lowest BCUT2D eigenvalue weighted by Crippen LogP contribution is -2.40. The summed E-state index contributed by atoms with van der Waals surface area (Å²) in [6.07, 6.45) is 0.141. The van der Waals surface area contributed by atoms with Gasteiger partial charge in [0.25, 0.3) is 0 Å². The zero-order valence-corrected chi connectivity index (χ0v) is 20.5. The van der Waals surface area contributed by atoms with E-state index in [9.17, 15) is 0 Å². The average Bonchev–Trinajstić information content (AvgIpc) is 2.71. The van der Waals surface area contributed by atoms with E-state index in [1.165, 1.54) is 0 Å². The maximum atomic E-state index is 6.47. The third-order valence-electron chi connectivity index (χ3n) is 4.68. The van der Waals surface area contributed by atoms with Crippen molar-refractivity contribution in [3.05, 3.63) is 59.1 Å². The number of morpholine rings is 1. The van der Waals surface area contributed by atoms with Crippen molar-refractivity contribution in [2.75, 3.05) is 38.2 Å². The summed E-state index contributed by atoms with van der Waals surface area (Å²) < 4.78 is 11.2. The van der Waals surface area contributed by atoms with Crippen molar-refractivity contribution in [3.8, 4) is 5.75 Å². The summed E-state index contributed by atoms with van der Waals surface area (Å²) in [7, 11) is 0. The molecule has 0 amide bonds. The molecule has 30 heavy (non-hydrogen) atoms. The normalized spacial score (nSPS) is 16.1. The number of anilines is 1. The van der Waals surface area contributed by atoms with Gasteiger partial charge in [0.15, 0.2) is 5.96 Å². The zero-order chi connectivity index (χ0) is 20.6. The number of ether oxygens (including phenoxy) is 2. The van der Waals surface area contributed by atoms with Crippen molar-refractivity contribution in [3.63, 3.8) is 0 Å². The van der Waals surface area contributed by atoms with Crippen LogP contribution in [0.15, 0.2) is 53.5 Å². The van der Waals surface area contributed by atoms with Crippen molar-refractivity contribution >= 4 is 47.2 Å². The molecule has 1 saturated heterocycles. The van der Waals surface area contributed by atoms with Gasteiger partial charge >= 0.3 is 0 Å². The number of hydrogen-bond acceptors (Lipinski definition) is 4. The maximum Gasteiger partial charge on any atom is 0.193 e. The van der Waals surface area contributed by atoms with Crippen molar-refractivity contribution in [2.24, 2.45) is 10.7 Å². The quantitative estimate of drug-likeness (QED) is 0.304. The van der Waals surface area contributed by atoms with Crippen LogP contribution in [-0.4, -0.2) is 49.8 Å². The molecule has 6 nitrogen and oxygen atoms in total. The van der Waals surface area contributed by atoms with Crippen LogP contribution in [0.5, 0.6) is 5.75 Å². The number of nitrogens with zero attached hydrogens (tertiary/aromatic N) is 2. The predicted molar refractivity (Wildman–Crippen MR) is 134 cm³/mol. The van der Waals surface area contributed by atoms with Crippen molar-refractivity contribution in [1.29, 1.82) is 0 Å². The van der Waals surface area contributed by atoms with E-state index in [-0.39, 0.29) is 36.1 Å². The van der Waals surface area contributed by atoms with Gasteiger partial charge in [-0.15, -0.1) is 24.0 Å². The molecule has 164 valence electrons. The van der Waals surface area contributed by atoms with Gasteiger partial charge in [-0.05, 0) is 49.7 Å². The highest BCUT2D eigenvalue weighted by Crippen LogP contribution is 2.28. The number of aliphatic imine (C=N–C) groups is 1. The predicted octanol–water partition coefficient (Wildman–Crippen LogP) is 4.55. The molecule has 2 aromatic carbocycles. The number of nitrogens with two attached hydrogens (primary N) is 1. The van der Waals surface area contributed by atoms with Gasteiger partial charge in [0, 0.05) is 23.8 Å². The lowest BCUT2D eigenvalue weighted by Gasteiger charge is -2.34. The van der Waals surface area contributed by atoms with Crippen LogP contribution in [0.25, 0.3) is 0 Å². The summed E-state index contributed by atoms with van der Waals surface area (Å²) in [4.78, 5) is 6.94. The van der Waals surface area contributed by atoms with E-state index in [1.807, 2.05) is 56.3 Å². The van der Waals surface area contributed by atoms with Crippen molar-refractivity contribution in [2.45, 2.75) is 26.0 Å². The molecule has 1 heterocycles. The van der Waals surface area contributed by atoms with Crippen LogP contribution in [-0.2, 0) is 4.74 Å². The van der Waals surface area contributed by atoms with Gasteiger partial charge in [-0.1, -0.05) is 29.8 Å². The first-order valence-corrected chi connectivity index (χ1v) is 10.3. The third-order valence-corrected chi connectivity index (χ3v) is 5.03. The van der Waals surface area contributed by atoms with Crippen LogP contribution < -0.4 is 15.8 Å². The molecular formula is C22H30ClIN4O2. The number of rotatable bonds is 7. The second-order valence-corrected chi connectivity index (χ2v) is 7.63. The van der Waals surface area contributed by atoms with Crippen LogP contribution in [0.1, 0.15) is 25.5 Å². The van der Waals surface area contributed by atoms with Gasteiger partial charge in [-0.2, -0.15) is 0 Å². The minimum absolute atomic E-state index is 0. The minimum Gasteiger partial charge on any atom is -0.491 e. The zero-order valence-electron chi connectivity index (χ0n) is 17.4. The fourth-order valence-electron chi connectivity index (χ4n) is 3.31. The molecule has 0 saturated carbocycles. The van der Waals surface area contributed by atoms with E-state index in [0.29, 0.717) is 25.7 Å². The van der Waals surface area contributed by atoms with Gasteiger partial charge in [0.2, 0.25) is 0 Å². The SMILES string of the molecule is CC(C)Oc1ccc(NC(N)=NCC(c2ccccc2Cl)N2CCOCC2)cc1.I. The van der Waals surface area contributed by atoms with Gasteiger partial charge in [0.1, 0.15) is 5.75 Å². The molecule has 1 fully saturated rings. The molecule has 2 aromatic rings. The summed E-state index contributed by atoms with van der Waals surface area (Å²) in [5.74, 6) is 1.19. The second kappa shape index (κ2) is 12.3. The maximum absolute atomic E-state index is 6.47. The summed E-state index contributed by atoms with van der Waals surface area (Å²) in [5.41, 5.74) is 8.07. The first kappa shape index (κ1) is 24.7. The monoisotopic (exact) mass is 544 g/mol. The molecule has 1 atom stereocenters. The minimum atomic E-state index is 0. The second-order valence-electron chi connectivity index (χ2n) is 7.23. The summed E-state index contributed by atoms with van der Waals surface area (Å²) in [5, 5.41) is 3.88. The molecule has 8 heteroatoms. The largest absolute Gasteiger partial charge is 0.491 e. The molecule has 0 aromatic heterocycles. The first-order valence-electron chi connectivity index (χ1n) is 9.93. The number of nitrogens with one attached hydrogen (secondary N) is 1. The van der Waals surface area contributed by atoms with Crippen LogP contribution in [0.4, 0.5) is 5.69 Å². The van der Waals surface area contributed by atoms with Gasteiger partial charge in [-0.3, -0.25) is 9.89 Å². The smallest absolute Gasteiger partial charge is 0.193 e. The Morgan fingerprint density at radius 1 is 1.17 bits per heavy atom. The molecule has 1 unspecified atom stereocenters. The Bertz CT molecular complexity index is 811. The number of hydrogen-bond donors (Lipinski definition) is 2. The summed E-state index contributed by atoms with van der Waals surface area (Å²) in [6, 6.07) is 15.6. The van der Waals surface area contributed by atoms with Gasteiger partial charge in [-0.25, -0.2) is 0 Å². The third kappa shape index (κ3) is 7.30. The van der Waals surface area contributed by atoms with Crippen LogP contribution in [0, 0.1) is 0 Å². The lowest BCUT2D eigenvalue weighted by molar-refractivity contribution is 0.0180. The molecule has 1 aliphatic rings. The molecule has 3 rings (SSSR count). The van der Waals surface area contributed by atoms with Gasteiger partial charge in [0.05, 0.1) is 31.9 Å². The number of halogens is 2. The molecule has 1 aliphatic heterocycles. The lowest BCUT2D eigenvalue weighted by atomic mass is 10.0. The molecule has 0 bridgehead atoms. The number of guanidine groups is 1. The molecular weight excluding hydrogens is 515 g/mol. The van der Waals surface area contributed by atoms with Gasteiger partial charge < -0.3 is 20.5 Å². The highest BCUT2D eigenvalue weighted by atomic mass is 127. The van der Waals surface area contributed by atoms with E-state index in [0.717, 1.165) is 35.1 Å². The first-order chi connectivity index (χ1) is 14.0. The fourth-order valence-corrected chi connectivity index (χ4v) is 3.57. The Kier molecular flexibility index (Phi) is 10.2. The Morgan fingerprint density at radius 3 is 2.47 bits per heavy atom. The van der Waals surface area contributed by atoms with E-state index in [1.54, 1.807) is 0 Å². The highest BCUT2D eigenvalue weighted by molar-refractivity contribution is 14.0. The molecule has 3 N–H and O–H groups in total. The van der Waals surface area contributed by atoms with Crippen molar-refractivity contribution in [1.82, 2.24) is 4.90 Å². The summed E-state index contributed by atoms with van der Waals surface area (Å²) in [6.45, 7) is 7.62. The fraction of sp³-hybridized carbons (Fsp3) is 0.409. The van der Waals surface area contributed by atoms with Crippen LogP contribution >= 0.6 is 35.6 Å². The van der Waals surface area contributed by atoms with Crippen molar-refractivity contribution < 1.29 is 9.47 Å². The topological polar surface area (TPSA) is 72.1 Å². The molecule has 0 radical (unpaired) electrons. The highest BCUT2D eigenvalue weighted by Gasteiger charge is 2.24. The van der Waals surface area contributed by atoms with Crippen LogP contribution in [0.2, 0.25) is 5.02 Å². The standard InChI is InChI=1S/C22H29ClN4O2.HI/c1-16(2)29-18-9-7-17(8-10-18)26-22(24)25-15-21(27-11-13-28-14-12-27)19-5-3-4-6-20(19)23;/h3-10,16,21H,11-15H2,1-2H3,(H3,24,25,26);1H. The van der Waals surface area contributed by atoms with E-state index in [2.05, 4.69) is 21.3 Å². The Morgan fingerprint density at radius 2 is 1.83 bits per heavy atom. The van der Waals surface area contributed by atoms with E-state index < -0.39 is 0 Å². The average molecular weight is 545 g/mol. The van der Waals surface area contributed by atoms with E-state index in [4.69, 9.17) is 26.8 Å². The molecule has 0 spiro atoms. The molecule has 0 aliphatic carbocycles. The van der Waals surface area contributed by atoms with E-state index >= 15 is 0 Å². The Labute approximate surface area is 200 Å². The number of benzene rings is 2. The summed E-state index contributed by atoms with van der Waals surface area (Å²) >= 11 is 6.47. The Balaban J connectivity index is 0.00000320. The van der Waals surface area contributed by atoms with Crippen LogP contribution in [0.3, 0.4) is 0 Å².